The summed E-state index contributed by atoms with van der Waals surface area (Å²) in [6, 6.07) is 11.6. The number of nitrogens with zero attached hydrogens (tertiary/aromatic N) is 7. The zero-order valence-corrected chi connectivity index (χ0v) is 14.7. The van der Waals surface area contributed by atoms with E-state index in [1.807, 2.05) is 44.2 Å². The number of H-pyrrole nitrogens is 2. The van der Waals surface area contributed by atoms with Crippen LogP contribution in [-0.4, -0.2) is 30.0 Å². The Kier molecular flexibility index (Phi) is 3.86. The van der Waals surface area contributed by atoms with Crippen molar-refractivity contribution in [3.05, 3.63) is 54.0 Å². The van der Waals surface area contributed by atoms with Gasteiger partial charge < -0.3 is 0 Å². The van der Waals surface area contributed by atoms with Gasteiger partial charge in [0.1, 0.15) is 17.5 Å². The Hall–Kier alpha value is -4.06. The van der Waals surface area contributed by atoms with E-state index in [1.165, 1.54) is 0 Å². The molecule has 27 heavy (non-hydrogen) atoms. The molecule has 132 valence electrons. The average molecular weight is 357 g/mol. The number of aryl methyl sites for hydroxylation is 1. The number of rotatable bonds is 4. The molecule has 0 saturated heterocycles. The number of nitrogens with one attached hydrogen (secondary N) is 2. The Bertz CT molecular complexity index is 1220. The third-order valence-electron chi connectivity index (χ3n) is 4.09. The number of benzene rings is 1. The summed E-state index contributed by atoms with van der Waals surface area (Å²) in [6.07, 6.45) is 0. The summed E-state index contributed by atoms with van der Waals surface area (Å²) in [5, 5.41) is 36.3. The molecule has 9 nitrogen and oxygen atoms in total. The number of allylic oxidation sites excluding steroid dienone is 1. The van der Waals surface area contributed by atoms with Gasteiger partial charge in [0.05, 0.1) is 11.4 Å². The highest BCUT2D eigenvalue weighted by molar-refractivity contribution is 5.79. The second kappa shape index (κ2) is 6.34. The third-order valence-corrected chi connectivity index (χ3v) is 4.09. The highest BCUT2D eigenvalue weighted by atomic mass is 15.4. The second-order valence-electron chi connectivity index (χ2n) is 6.00. The number of nitriles is 1. The molecule has 0 aliphatic heterocycles. The number of hydrogen-bond donors (Lipinski definition) is 2. The number of aromatic amines is 2. The summed E-state index contributed by atoms with van der Waals surface area (Å²) >= 11 is 0. The molecule has 2 N–H and O–H groups in total. The van der Waals surface area contributed by atoms with Crippen molar-refractivity contribution in [1.29, 1.82) is 5.26 Å². The van der Waals surface area contributed by atoms with Gasteiger partial charge in [-0.15, -0.1) is 20.4 Å². The van der Waals surface area contributed by atoms with E-state index in [9.17, 15) is 5.26 Å². The van der Waals surface area contributed by atoms with Gasteiger partial charge in [0.15, 0.2) is 5.69 Å². The highest BCUT2D eigenvalue weighted by Crippen LogP contribution is 2.32. The zero-order chi connectivity index (χ0) is 19.0. The lowest BCUT2D eigenvalue weighted by atomic mass is 10.1. The van der Waals surface area contributed by atoms with Crippen molar-refractivity contribution >= 4 is 22.7 Å². The topological polar surface area (TPSA) is 123 Å². The molecule has 0 aliphatic carbocycles. The normalized spacial score (nSPS) is 11.3. The molecule has 0 radical (unpaired) electrons. The van der Waals surface area contributed by atoms with Gasteiger partial charge in [-0.2, -0.15) is 10.4 Å². The molecule has 0 spiro atoms. The number of hydrogen-bond acceptors (Lipinski definition) is 6. The Labute approximate surface area is 154 Å². The summed E-state index contributed by atoms with van der Waals surface area (Å²) < 4.78 is 1.71. The van der Waals surface area contributed by atoms with E-state index in [-0.39, 0.29) is 5.82 Å². The Morgan fingerprint density at radius 1 is 1.22 bits per heavy atom. The van der Waals surface area contributed by atoms with E-state index in [0.717, 1.165) is 11.1 Å². The molecule has 1 aromatic carbocycles. The summed E-state index contributed by atoms with van der Waals surface area (Å²) in [5.74, 6) is 0.900. The van der Waals surface area contributed by atoms with E-state index >= 15 is 0 Å². The lowest BCUT2D eigenvalue weighted by molar-refractivity contribution is 0.886. The van der Waals surface area contributed by atoms with Crippen molar-refractivity contribution < 1.29 is 0 Å². The maximum Gasteiger partial charge on any atom is 0.213 e. The number of azo groups is 1. The number of aromatic nitrogens is 6. The van der Waals surface area contributed by atoms with Crippen LogP contribution in [-0.2, 0) is 0 Å². The van der Waals surface area contributed by atoms with E-state index in [2.05, 4.69) is 48.4 Å². The molecule has 0 fully saturated rings. The second-order valence-corrected chi connectivity index (χ2v) is 6.00. The first-order chi connectivity index (χ1) is 13.1. The van der Waals surface area contributed by atoms with Crippen LogP contribution in [0, 0.1) is 18.3 Å². The highest BCUT2D eigenvalue weighted by Gasteiger charge is 2.18. The molecule has 0 saturated carbocycles. The first-order valence-corrected chi connectivity index (χ1v) is 8.15. The Morgan fingerprint density at radius 3 is 2.70 bits per heavy atom. The van der Waals surface area contributed by atoms with Crippen molar-refractivity contribution in [2.45, 2.75) is 13.8 Å². The van der Waals surface area contributed by atoms with Gasteiger partial charge in [-0.25, -0.2) is 4.52 Å². The quantitative estimate of drug-likeness (QED) is 0.534. The van der Waals surface area contributed by atoms with Crippen LogP contribution in [0.25, 0.3) is 22.5 Å². The molecule has 4 aromatic rings. The number of fused-ring (bicyclic) bond motifs is 1. The van der Waals surface area contributed by atoms with Crippen LogP contribution >= 0.6 is 0 Å². The van der Waals surface area contributed by atoms with Crippen molar-refractivity contribution in [3.8, 4) is 17.3 Å². The standard InChI is InChI=1S/C18H15N9/c1-10(2)14-16(18-25-20-11(3)27(18)26-14)22-24-17-13(9-19)15(21-23-17)12-7-5-4-6-8-12/h4-8,26H,1H2,2-3H3,(H,21,23). The van der Waals surface area contributed by atoms with E-state index in [4.69, 9.17) is 0 Å². The molecule has 4 rings (SSSR count). The fourth-order valence-corrected chi connectivity index (χ4v) is 2.74. The van der Waals surface area contributed by atoms with E-state index in [0.29, 0.717) is 34.1 Å². The largest absolute Gasteiger partial charge is 0.288 e. The molecule has 3 aromatic heterocycles. The fraction of sp³-hybridized carbons (Fsp3) is 0.111. The minimum Gasteiger partial charge on any atom is -0.288 e. The van der Waals surface area contributed by atoms with Crippen molar-refractivity contribution in [2.75, 3.05) is 0 Å². The molecule has 0 bridgehead atoms. The van der Waals surface area contributed by atoms with Crippen molar-refractivity contribution in [2.24, 2.45) is 10.2 Å². The molecule has 0 aliphatic rings. The van der Waals surface area contributed by atoms with Crippen LogP contribution < -0.4 is 0 Å². The predicted molar refractivity (Wildman–Crippen MR) is 99.7 cm³/mol. The first kappa shape index (κ1) is 16.4. The lowest BCUT2D eigenvalue weighted by Gasteiger charge is -1.97. The molecule has 0 unspecified atom stereocenters. The van der Waals surface area contributed by atoms with Gasteiger partial charge in [0, 0.05) is 5.56 Å². The predicted octanol–water partition coefficient (Wildman–Crippen LogP) is 4.08. The fourth-order valence-electron chi connectivity index (χ4n) is 2.74. The molecule has 0 atom stereocenters. The van der Waals surface area contributed by atoms with Crippen LogP contribution in [0.15, 0.2) is 47.1 Å². The van der Waals surface area contributed by atoms with E-state index < -0.39 is 0 Å². The summed E-state index contributed by atoms with van der Waals surface area (Å²) in [5.41, 5.74) is 4.28. The molecular formula is C18H15N9. The van der Waals surface area contributed by atoms with Crippen LogP contribution in [0.2, 0.25) is 0 Å². The Morgan fingerprint density at radius 2 is 2.00 bits per heavy atom. The third kappa shape index (κ3) is 2.69. The van der Waals surface area contributed by atoms with Gasteiger partial charge in [0.25, 0.3) is 0 Å². The van der Waals surface area contributed by atoms with Crippen LogP contribution in [0.1, 0.15) is 24.0 Å². The van der Waals surface area contributed by atoms with Crippen LogP contribution in [0.4, 0.5) is 11.5 Å². The van der Waals surface area contributed by atoms with Crippen LogP contribution in [0.5, 0.6) is 0 Å². The van der Waals surface area contributed by atoms with Gasteiger partial charge in [0.2, 0.25) is 11.5 Å². The zero-order valence-electron chi connectivity index (χ0n) is 14.7. The van der Waals surface area contributed by atoms with E-state index in [1.54, 1.807) is 4.52 Å². The van der Waals surface area contributed by atoms with Gasteiger partial charge in [-0.05, 0) is 19.4 Å². The van der Waals surface area contributed by atoms with Gasteiger partial charge in [-0.1, -0.05) is 36.9 Å². The van der Waals surface area contributed by atoms with Gasteiger partial charge >= 0.3 is 0 Å². The van der Waals surface area contributed by atoms with Crippen molar-refractivity contribution in [3.63, 3.8) is 0 Å². The SMILES string of the molecule is C=C(C)c1[nH]n2c(C)nnc2c1N=Nc1n[nH]c(-c2ccccc2)c1C#N. The lowest BCUT2D eigenvalue weighted by Crippen LogP contribution is -1.89. The first-order valence-electron chi connectivity index (χ1n) is 8.15. The minimum absolute atomic E-state index is 0.208. The summed E-state index contributed by atoms with van der Waals surface area (Å²) in [7, 11) is 0. The smallest absolute Gasteiger partial charge is 0.213 e. The van der Waals surface area contributed by atoms with Gasteiger partial charge in [-0.3, -0.25) is 10.2 Å². The average Bonchev–Trinajstić information content (AvgIpc) is 3.35. The molecule has 9 heteroatoms. The monoisotopic (exact) mass is 357 g/mol. The van der Waals surface area contributed by atoms with Crippen molar-refractivity contribution in [1.82, 2.24) is 30.0 Å². The maximum absolute atomic E-state index is 9.57. The molecular weight excluding hydrogens is 342 g/mol. The van der Waals surface area contributed by atoms with Crippen LogP contribution in [0.3, 0.4) is 0 Å². The summed E-state index contributed by atoms with van der Waals surface area (Å²) in [6.45, 7) is 7.64. The minimum atomic E-state index is 0.208. The molecule has 3 heterocycles. The molecule has 0 amide bonds. The summed E-state index contributed by atoms with van der Waals surface area (Å²) in [4.78, 5) is 0. The Balaban J connectivity index is 1.80. The maximum atomic E-state index is 9.57.